The topological polar surface area (TPSA) is 20.6 Å². The molecule has 1 aliphatic rings. The average molecular weight is 212 g/mol. The highest BCUT2D eigenvalue weighted by Crippen LogP contribution is 2.37. The lowest BCUT2D eigenvalue weighted by Gasteiger charge is -2.10. The molecule has 3 rings (SSSR count). The molecular weight excluding hydrogens is 198 g/mol. The van der Waals surface area contributed by atoms with E-state index in [2.05, 4.69) is 52.2 Å². The summed E-state index contributed by atoms with van der Waals surface area (Å²) in [6.07, 6.45) is 1.95. The van der Waals surface area contributed by atoms with E-state index in [1.54, 1.807) is 0 Å². The number of nitrogens with zero attached hydrogens (tertiary/aromatic N) is 2. The summed E-state index contributed by atoms with van der Waals surface area (Å²) in [5, 5.41) is 0. The second-order valence-electron chi connectivity index (χ2n) is 4.00. The fraction of sp³-hybridized carbons (Fsp3) is 0.154. The van der Waals surface area contributed by atoms with E-state index in [0.717, 1.165) is 12.5 Å². The molecule has 3 nitrogen and oxygen atoms in total. The Morgan fingerprint density at radius 3 is 2.50 bits per heavy atom. The van der Waals surface area contributed by atoms with Crippen LogP contribution >= 0.6 is 0 Å². The molecule has 1 aromatic heterocycles. The number of aromatic nitrogens is 1. The van der Waals surface area contributed by atoms with Gasteiger partial charge in [-0.15, -0.1) is 0 Å². The number of aromatic amines is 1. The third-order valence-electron chi connectivity index (χ3n) is 2.92. The normalized spacial score (nSPS) is 14.1. The number of para-hydroxylation sites is 2. The molecule has 0 amide bonds. The molecule has 0 bridgehead atoms. The summed E-state index contributed by atoms with van der Waals surface area (Å²) >= 11 is 0. The predicted molar refractivity (Wildman–Crippen MR) is 64.8 cm³/mol. The molecule has 0 unspecified atom stereocenters. The van der Waals surface area contributed by atoms with E-state index in [1.165, 1.54) is 11.4 Å². The number of nitrogens with one attached hydrogen (secondary N) is 1. The summed E-state index contributed by atoms with van der Waals surface area (Å²) in [6.45, 7) is 0.889. The third-order valence-corrected chi connectivity index (χ3v) is 2.92. The SMILES string of the molecule is CN1CN(c2cccc[nH+]2)c2ccccc21. The first-order valence-corrected chi connectivity index (χ1v) is 5.41. The quantitative estimate of drug-likeness (QED) is 0.721. The number of anilines is 3. The first-order valence-electron chi connectivity index (χ1n) is 5.41. The molecule has 16 heavy (non-hydrogen) atoms. The van der Waals surface area contributed by atoms with Crippen LogP contribution in [0.25, 0.3) is 0 Å². The Morgan fingerprint density at radius 1 is 1.00 bits per heavy atom. The van der Waals surface area contributed by atoms with Crippen LogP contribution in [0.4, 0.5) is 17.2 Å². The summed E-state index contributed by atoms with van der Waals surface area (Å²) in [5.41, 5.74) is 2.53. The lowest BCUT2D eigenvalue weighted by atomic mass is 10.2. The maximum atomic E-state index is 3.27. The standard InChI is InChI=1S/C13H13N3/c1-15-10-16(13-8-4-5-9-14-13)12-7-3-2-6-11(12)15/h2-9H,10H2,1H3/p+1. The largest absolute Gasteiger partial charge is 0.335 e. The Hall–Kier alpha value is -2.03. The molecule has 3 heteroatoms. The second kappa shape index (κ2) is 3.52. The maximum Gasteiger partial charge on any atom is 0.281 e. The van der Waals surface area contributed by atoms with Crippen LogP contribution in [0.15, 0.2) is 48.7 Å². The van der Waals surface area contributed by atoms with Crippen molar-refractivity contribution in [2.45, 2.75) is 0 Å². The van der Waals surface area contributed by atoms with Crippen LogP contribution in [-0.2, 0) is 0 Å². The number of benzene rings is 1. The molecule has 1 aliphatic heterocycles. The Bertz CT molecular complexity index is 496. The molecule has 0 spiro atoms. The van der Waals surface area contributed by atoms with E-state index in [-0.39, 0.29) is 0 Å². The van der Waals surface area contributed by atoms with Crippen molar-refractivity contribution in [1.29, 1.82) is 0 Å². The van der Waals surface area contributed by atoms with Crippen molar-refractivity contribution in [2.24, 2.45) is 0 Å². The predicted octanol–water partition coefficient (Wildman–Crippen LogP) is 2.05. The van der Waals surface area contributed by atoms with Gasteiger partial charge in [0.15, 0.2) is 12.4 Å². The van der Waals surface area contributed by atoms with Gasteiger partial charge in [-0.05, 0) is 18.2 Å². The number of hydrogen-bond acceptors (Lipinski definition) is 2. The van der Waals surface area contributed by atoms with E-state index < -0.39 is 0 Å². The van der Waals surface area contributed by atoms with Gasteiger partial charge in [0.2, 0.25) is 0 Å². The van der Waals surface area contributed by atoms with Gasteiger partial charge in [0.1, 0.15) is 0 Å². The van der Waals surface area contributed by atoms with E-state index in [9.17, 15) is 0 Å². The first kappa shape index (κ1) is 9.21. The molecule has 0 saturated carbocycles. The van der Waals surface area contributed by atoms with E-state index in [0.29, 0.717) is 0 Å². The number of rotatable bonds is 1. The molecule has 2 aromatic rings. The van der Waals surface area contributed by atoms with Crippen LogP contribution in [0.1, 0.15) is 0 Å². The van der Waals surface area contributed by atoms with Gasteiger partial charge < -0.3 is 4.90 Å². The van der Waals surface area contributed by atoms with Crippen LogP contribution in [0, 0.1) is 0 Å². The van der Waals surface area contributed by atoms with E-state index in [1.807, 2.05) is 18.3 Å². The van der Waals surface area contributed by atoms with Crippen molar-refractivity contribution in [3.05, 3.63) is 48.7 Å². The van der Waals surface area contributed by atoms with Crippen molar-refractivity contribution < 1.29 is 4.98 Å². The third kappa shape index (κ3) is 1.33. The van der Waals surface area contributed by atoms with Crippen LogP contribution in [-0.4, -0.2) is 13.7 Å². The summed E-state index contributed by atoms with van der Waals surface area (Å²) < 4.78 is 0. The second-order valence-corrected chi connectivity index (χ2v) is 4.00. The van der Waals surface area contributed by atoms with Crippen molar-refractivity contribution in [2.75, 3.05) is 23.5 Å². The van der Waals surface area contributed by atoms with Crippen LogP contribution in [0.5, 0.6) is 0 Å². The molecule has 80 valence electrons. The molecule has 0 saturated heterocycles. The highest BCUT2D eigenvalue weighted by atomic mass is 15.4. The van der Waals surface area contributed by atoms with Crippen molar-refractivity contribution >= 4 is 17.2 Å². The Morgan fingerprint density at radius 2 is 1.75 bits per heavy atom. The zero-order valence-electron chi connectivity index (χ0n) is 9.22. The van der Waals surface area contributed by atoms with E-state index in [4.69, 9.17) is 0 Å². The zero-order chi connectivity index (χ0) is 11.0. The Balaban J connectivity index is 2.07. The van der Waals surface area contributed by atoms with Gasteiger partial charge in [0, 0.05) is 13.1 Å². The molecule has 2 heterocycles. The summed E-state index contributed by atoms with van der Waals surface area (Å²) in [7, 11) is 2.11. The molecule has 0 fully saturated rings. The van der Waals surface area contributed by atoms with Crippen LogP contribution in [0.2, 0.25) is 0 Å². The Labute approximate surface area is 95.0 Å². The van der Waals surface area contributed by atoms with Gasteiger partial charge >= 0.3 is 0 Å². The minimum Gasteiger partial charge on any atom is -0.335 e. The fourth-order valence-corrected chi connectivity index (χ4v) is 2.14. The minimum atomic E-state index is 0.889. The molecule has 0 aliphatic carbocycles. The minimum absolute atomic E-state index is 0.889. The molecule has 0 radical (unpaired) electrons. The number of pyridine rings is 1. The molecule has 0 atom stereocenters. The Kier molecular flexibility index (Phi) is 2.03. The average Bonchev–Trinajstić information content (AvgIpc) is 2.69. The van der Waals surface area contributed by atoms with E-state index >= 15 is 0 Å². The molecule has 1 aromatic carbocycles. The first-order chi connectivity index (χ1) is 7.86. The van der Waals surface area contributed by atoms with Crippen LogP contribution < -0.4 is 14.8 Å². The van der Waals surface area contributed by atoms with Gasteiger partial charge in [0.05, 0.1) is 11.9 Å². The van der Waals surface area contributed by atoms with Crippen molar-refractivity contribution in [1.82, 2.24) is 0 Å². The van der Waals surface area contributed by atoms with Gasteiger partial charge in [-0.2, -0.15) is 0 Å². The monoisotopic (exact) mass is 212 g/mol. The fourth-order valence-electron chi connectivity index (χ4n) is 2.14. The highest BCUT2D eigenvalue weighted by molar-refractivity contribution is 5.80. The van der Waals surface area contributed by atoms with Gasteiger partial charge in [-0.1, -0.05) is 18.2 Å². The number of fused-ring (bicyclic) bond motifs is 1. The zero-order valence-corrected chi connectivity index (χ0v) is 9.22. The highest BCUT2D eigenvalue weighted by Gasteiger charge is 2.30. The molecule has 1 N–H and O–H groups in total. The van der Waals surface area contributed by atoms with Gasteiger partial charge in [-0.3, -0.25) is 0 Å². The maximum absolute atomic E-state index is 3.27. The lowest BCUT2D eigenvalue weighted by molar-refractivity contribution is -0.363. The van der Waals surface area contributed by atoms with Crippen molar-refractivity contribution in [3.8, 4) is 0 Å². The summed E-state index contributed by atoms with van der Waals surface area (Å²) in [4.78, 5) is 7.79. The van der Waals surface area contributed by atoms with Crippen molar-refractivity contribution in [3.63, 3.8) is 0 Å². The van der Waals surface area contributed by atoms with Gasteiger partial charge in [-0.25, -0.2) is 9.88 Å². The molecular formula is C13H14N3+. The summed E-state index contributed by atoms with van der Waals surface area (Å²) in [6, 6.07) is 14.6. The lowest BCUT2D eigenvalue weighted by Crippen LogP contribution is -2.28. The number of H-pyrrole nitrogens is 1. The summed E-state index contributed by atoms with van der Waals surface area (Å²) in [5.74, 6) is 1.12. The smallest absolute Gasteiger partial charge is 0.281 e. The van der Waals surface area contributed by atoms with Crippen LogP contribution in [0.3, 0.4) is 0 Å². The van der Waals surface area contributed by atoms with Gasteiger partial charge in [0.25, 0.3) is 5.82 Å². The number of hydrogen-bond donors (Lipinski definition) is 0.